The van der Waals surface area contributed by atoms with E-state index in [0.29, 0.717) is 16.0 Å². The molecule has 1 unspecified atom stereocenters. The van der Waals surface area contributed by atoms with E-state index in [1.54, 1.807) is 24.3 Å². The first-order chi connectivity index (χ1) is 9.65. The normalized spacial score (nSPS) is 17.7. The molecule has 4 nitrogen and oxygen atoms in total. The van der Waals surface area contributed by atoms with Crippen molar-refractivity contribution in [3.8, 4) is 5.75 Å². The van der Waals surface area contributed by atoms with Crippen molar-refractivity contribution in [1.82, 2.24) is 5.32 Å². The molecule has 1 aromatic rings. The number of carbonyl (C=O) groups excluding carboxylic acids is 1. The highest BCUT2D eigenvalue weighted by Gasteiger charge is 2.16. The van der Waals surface area contributed by atoms with E-state index in [2.05, 4.69) is 5.32 Å². The zero-order valence-corrected chi connectivity index (χ0v) is 12.8. The number of nitrogens with one attached hydrogen (secondary N) is 1. The summed E-state index contributed by atoms with van der Waals surface area (Å²) in [4.78, 5) is 12.0. The molecule has 108 valence electrons. The summed E-state index contributed by atoms with van der Waals surface area (Å²) in [6.45, 7) is 0.761. The van der Waals surface area contributed by atoms with Crippen LogP contribution in [0.25, 0.3) is 0 Å². The lowest BCUT2D eigenvalue weighted by Crippen LogP contribution is -2.33. The van der Waals surface area contributed by atoms with Crippen LogP contribution < -0.4 is 15.8 Å². The van der Waals surface area contributed by atoms with Crippen LogP contribution in [0.4, 0.5) is 0 Å². The Morgan fingerprint density at radius 2 is 2.20 bits per heavy atom. The molecule has 1 saturated heterocycles. The molecule has 6 heteroatoms. The first-order valence-electron chi connectivity index (χ1n) is 6.56. The minimum atomic E-state index is -0.0871. The van der Waals surface area contributed by atoms with E-state index in [4.69, 9.17) is 22.7 Å². The average molecular weight is 310 g/mol. The van der Waals surface area contributed by atoms with E-state index < -0.39 is 0 Å². The zero-order valence-electron chi connectivity index (χ0n) is 11.1. The maximum Gasteiger partial charge on any atom is 0.257 e. The Morgan fingerprint density at radius 1 is 1.45 bits per heavy atom. The number of hydrogen-bond acceptors (Lipinski definition) is 4. The molecule has 0 aromatic heterocycles. The molecule has 0 aliphatic carbocycles. The fourth-order valence-electron chi connectivity index (χ4n) is 1.95. The predicted molar refractivity (Wildman–Crippen MR) is 86.3 cm³/mol. The van der Waals surface area contributed by atoms with Gasteiger partial charge in [0.15, 0.2) is 6.61 Å². The van der Waals surface area contributed by atoms with Crippen molar-refractivity contribution in [1.29, 1.82) is 0 Å². The number of nitrogens with two attached hydrogens (primary N) is 1. The Balaban J connectivity index is 1.70. The van der Waals surface area contributed by atoms with Crippen LogP contribution >= 0.6 is 24.0 Å². The first kappa shape index (κ1) is 15.1. The highest BCUT2D eigenvalue weighted by atomic mass is 32.2. The lowest BCUT2D eigenvalue weighted by atomic mass is 10.2. The Labute approximate surface area is 128 Å². The first-order valence-corrected chi connectivity index (χ1v) is 8.02. The molecular formula is C14H18N2O2S2. The Hall–Kier alpha value is -1.27. The van der Waals surface area contributed by atoms with Gasteiger partial charge in [-0.1, -0.05) is 12.2 Å². The van der Waals surface area contributed by atoms with Gasteiger partial charge in [-0.05, 0) is 42.9 Å². The Morgan fingerprint density at radius 3 is 2.80 bits per heavy atom. The maximum atomic E-state index is 11.7. The summed E-state index contributed by atoms with van der Waals surface area (Å²) in [6, 6.07) is 7.08. The van der Waals surface area contributed by atoms with Crippen LogP contribution in [0.15, 0.2) is 24.3 Å². The van der Waals surface area contributed by atoms with Crippen LogP contribution in [0.5, 0.6) is 5.75 Å². The molecule has 1 heterocycles. The van der Waals surface area contributed by atoms with Crippen LogP contribution in [0.1, 0.15) is 18.4 Å². The van der Waals surface area contributed by atoms with Crippen molar-refractivity contribution >= 4 is 34.9 Å². The van der Waals surface area contributed by atoms with E-state index in [-0.39, 0.29) is 12.5 Å². The summed E-state index contributed by atoms with van der Waals surface area (Å²) in [7, 11) is 0. The maximum absolute atomic E-state index is 11.7. The van der Waals surface area contributed by atoms with Gasteiger partial charge in [0.05, 0.1) is 0 Å². The minimum absolute atomic E-state index is 0.0316. The molecule has 1 amide bonds. The quantitative estimate of drug-likeness (QED) is 0.783. The molecule has 20 heavy (non-hydrogen) atoms. The van der Waals surface area contributed by atoms with Crippen molar-refractivity contribution in [3.63, 3.8) is 0 Å². The standard InChI is InChI=1S/C14H18N2O2S2/c15-14(19)10-3-5-11(6-4-10)18-9-13(17)16-8-12-2-1-7-20-12/h3-6,12H,1-2,7-9H2,(H2,15,19)(H,16,17). The van der Waals surface area contributed by atoms with Crippen LogP contribution in [0.3, 0.4) is 0 Å². The highest BCUT2D eigenvalue weighted by molar-refractivity contribution is 8.00. The van der Waals surface area contributed by atoms with Crippen LogP contribution in [0, 0.1) is 0 Å². The van der Waals surface area contributed by atoms with E-state index in [0.717, 1.165) is 12.1 Å². The number of carbonyl (C=O) groups is 1. The monoisotopic (exact) mass is 310 g/mol. The summed E-state index contributed by atoms with van der Waals surface area (Å²) in [5, 5.41) is 3.46. The second kappa shape index (κ2) is 7.50. The molecule has 3 N–H and O–H groups in total. The van der Waals surface area contributed by atoms with E-state index >= 15 is 0 Å². The third-order valence-electron chi connectivity index (χ3n) is 3.06. The van der Waals surface area contributed by atoms with Gasteiger partial charge >= 0.3 is 0 Å². The van der Waals surface area contributed by atoms with Crippen molar-refractivity contribution in [2.24, 2.45) is 5.73 Å². The second-order valence-corrected chi connectivity index (χ2v) is 6.46. The van der Waals surface area contributed by atoms with Crippen LogP contribution in [-0.4, -0.2) is 35.1 Å². The third-order valence-corrected chi connectivity index (χ3v) is 4.69. The number of amides is 1. The summed E-state index contributed by atoms with van der Waals surface area (Å²) >= 11 is 6.79. The molecule has 1 aliphatic rings. The largest absolute Gasteiger partial charge is 0.484 e. The van der Waals surface area contributed by atoms with E-state index in [9.17, 15) is 4.79 Å². The average Bonchev–Trinajstić information content (AvgIpc) is 2.96. The number of thiocarbonyl (C=S) groups is 1. The lowest BCUT2D eigenvalue weighted by molar-refractivity contribution is -0.123. The van der Waals surface area contributed by atoms with Gasteiger partial charge in [-0.3, -0.25) is 4.79 Å². The van der Waals surface area contributed by atoms with Crippen molar-refractivity contribution in [3.05, 3.63) is 29.8 Å². The second-order valence-electron chi connectivity index (χ2n) is 4.62. The van der Waals surface area contributed by atoms with Gasteiger partial charge in [0, 0.05) is 17.4 Å². The van der Waals surface area contributed by atoms with Gasteiger partial charge in [0.25, 0.3) is 5.91 Å². The fourth-order valence-corrected chi connectivity index (χ4v) is 3.29. The van der Waals surface area contributed by atoms with E-state index in [1.165, 1.54) is 18.6 Å². The minimum Gasteiger partial charge on any atom is -0.484 e. The zero-order chi connectivity index (χ0) is 14.4. The molecule has 0 bridgehead atoms. The predicted octanol–water partition coefficient (Wildman–Crippen LogP) is 1.71. The topological polar surface area (TPSA) is 64.3 Å². The van der Waals surface area contributed by atoms with Gasteiger partial charge in [-0.25, -0.2) is 0 Å². The lowest BCUT2D eigenvalue weighted by Gasteiger charge is -2.11. The number of benzene rings is 1. The molecule has 1 fully saturated rings. The van der Waals surface area contributed by atoms with Gasteiger partial charge < -0.3 is 15.8 Å². The Kier molecular flexibility index (Phi) is 5.67. The number of rotatable bonds is 6. The van der Waals surface area contributed by atoms with E-state index in [1.807, 2.05) is 11.8 Å². The van der Waals surface area contributed by atoms with Gasteiger partial charge in [0.1, 0.15) is 10.7 Å². The molecule has 1 aliphatic heterocycles. The smallest absolute Gasteiger partial charge is 0.257 e. The molecule has 1 atom stereocenters. The number of hydrogen-bond donors (Lipinski definition) is 2. The number of thioether (sulfide) groups is 1. The summed E-state index contributed by atoms with van der Waals surface area (Å²) in [6.07, 6.45) is 2.43. The molecule has 0 radical (unpaired) electrons. The van der Waals surface area contributed by atoms with Crippen LogP contribution in [-0.2, 0) is 4.79 Å². The van der Waals surface area contributed by atoms with Gasteiger partial charge in [-0.15, -0.1) is 0 Å². The van der Waals surface area contributed by atoms with Crippen molar-refractivity contribution < 1.29 is 9.53 Å². The SMILES string of the molecule is NC(=S)c1ccc(OCC(=O)NCC2CCCS2)cc1. The van der Waals surface area contributed by atoms with Crippen molar-refractivity contribution in [2.75, 3.05) is 18.9 Å². The summed E-state index contributed by atoms with van der Waals surface area (Å²) in [5.41, 5.74) is 6.30. The highest BCUT2D eigenvalue weighted by Crippen LogP contribution is 2.25. The molecule has 1 aromatic carbocycles. The molecule has 0 spiro atoms. The summed E-state index contributed by atoms with van der Waals surface area (Å²) in [5.74, 6) is 1.75. The molecule has 0 saturated carbocycles. The summed E-state index contributed by atoms with van der Waals surface area (Å²) < 4.78 is 5.41. The third kappa shape index (κ3) is 4.68. The van der Waals surface area contributed by atoms with Gasteiger partial charge in [-0.2, -0.15) is 11.8 Å². The Bertz CT molecular complexity index is 471. The molecular weight excluding hydrogens is 292 g/mol. The fraction of sp³-hybridized carbons (Fsp3) is 0.429. The number of ether oxygens (including phenoxy) is 1. The van der Waals surface area contributed by atoms with Gasteiger partial charge in [0.2, 0.25) is 0 Å². The van der Waals surface area contributed by atoms with Crippen LogP contribution in [0.2, 0.25) is 0 Å². The van der Waals surface area contributed by atoms with Crippen molar-refractivity contribution in [2.45, 2.75) is 18.1 Å². The molecule has 2 rings (SSSR count).